The summed E-state index contributed by atoms with van der Waals surface area (Å²) in [4.78, 5) is 19.3. The Hall–Kier alpha value is -2.92. The Morgan fingerprint density at radius 2 is 1.94 bits per heavy atom. The average Bonchev–Trinajstić information content (AvgIpc) is 2.83. The quantitative estimate of drug-likeness (QED) is 0.503. The van der Waals surface area contributed by atoms with E-state index in [1.54, 1.807) is 0 Å². The minimum atomic E-state index is 0.0330. The number of ether oxygens (including phenoxy) is 1. The highest BCUT2D eigenvalue weighted by atomic mass is 16.5. The van der Waals surface area contributed by atoms with Gasteiger partial charge in [0.25, 0.3) is 5.91 Å². The summed E-state index contributed by atoms with van der Waals surface area (Å²) in [5, 5.41) is 4.04. The zero-order valence-electron chi connectivity index (χ0n) is 19.8. The molecular formula is C28H35N3O2. The number of benzene rings is 2. The summed E-state index contributed by atoms with van der Waals surface area (Å²) in [6.07, 6.45) is 4.36. The van der Waals surface area contributed by atoms with Gasteiger partial charge in [0, 0.05) is 29.7 Å². The number of piperidine rings is 1. The molecule has 0 aliphatic carbocycles. The number of amides is 1. The molecule has 0 atom stereocenters. The van der Waals surface area contributed by atoms with Gasteiger partial charge in [0.2, 0.25) is 0 Å². The number of nitrogens with one attached hydrogen (secondary N) is 1. The summed E-state index contributed by atoms with van der Waals surface area (Å²) in [5.41, 5.74) is 4.05. The fourth-order valence-electron chi connectivity index (χ4n) is 4.57. The van der Waals surface area contributed by atoms with E-state index in [9.17, 15) is 4.79 Å². The molecular weight excluding hydrogens is 410 g/mol. The van der Waals surface area contributed by atoms with E-state index in [2.05, 4.69) is 40.3 Å². The molecule has 1 aromatic heterocycles. The second-order valence-electron chi connectivity index (χ2n) is 9.07. The molecule has 0 unspecified atom stereocenters. The normalized spacial score (nSPS) is 15.0. The van der Waals surface area contributed by atoms with Crippen molar-refractivity contribution in [1.82, 2.24) is 15.2 Å². The number of likely N-dealkylation sites (tertiary alicyclic amines) is 1. The molecule has 3 aromatic rings. The van der Waals surface area contributed by atoms with Crippen LogP contribution in [0.25, 0.3) is 10.9 Å². The second kappa shape index (κ2) is 11.3. The molecule has 2 aromatic carbocycles. The number of aromatic nitrogens is 1. The second-order valence-corrected chi connectivity index (χ2v) is 9.07. The summed E-state index contributed by atoms with van der Waals surface area (Å²) < 4.78 is 6.13. The standard InChI is InChI=1S/C28H35N3O2/c1-3-14-29-28(32)24-7-4-6-23(20-24)19-22-12-15-31(16-13-22)17-18-33-27-9-5-8-26-25(27)11-10-21(2)30-26/h4-11,20,22H,3,12-19H2,1-2H3,(H,29,32). The molecule has 2 heterocycles. The Labute approximate surface area is 197 Å². The van der Waals surface area contributed by atoms with Crippen molar-refractivity contribution in [1.29, 1.82) is 0 Å². The number of carbonyl (C=O) groups excluding carboxylic acids is 1. The van der Waals surface area contributed by atoms with Crippen LogP contribution >= 0.6 is 0 Å². The van der Waals surface area contributed by atoms with Crippen molar-refractivity contribution < 1.29 is 9.53 Å². The fourth-order valence-corrected chi connectivity index (χ4v) is 4.57. The van der Waals surface area contributed by atoms with Crippen molar-refractivity contribution in [2.24, 2.45) is 5.92 Å². The molecule has 33 heavy (non-hydrogen) atoms. The molecule has 174 valence electrons. The van der Waals surface area contributed by atoms with Gasteiger partial charge in [0.1, 0.15) is 12.4 Å². The van der Waals surface area contributed by atoms with Gasteiger partial charge in [-0.1, -0.05) is 25.1 Å². The van der Waals surface area contributed by atoms with Crippen LogP contribution < -0.4 is 10.1 Å². The van der Waals surface area contributed by atoms with Gasteiger partial charge in [0.05, 0.1) is 5.52 Å². The van der Waals surface area contributed by atoms with Crippen molar-refractivity contribution in [3.8, 4) is 5.75 Å². The lowest BCUT2D eigenvalue weighted by atomic mass is 9.89. The number of pyridine rings is 1. The van der Waals surface area contributed by atoms with Gasteiger partial charge in [-0.15, -0.1) is 0 Å². The van der Waals surface area contributed by atoms with Gasteiger partial charge in [-0.3, -0.25) is 14.7 Å². The third-order valence-electron chi connectivity index (χ3n) is 6.45. The first kappa shape index (κ1) is 23.2. The maximum Gasteiger partial charge on any atom is 0.251 e. The third-order valence-corrected chi connectivity index (χ3v) is 6.45. The van der Waals surface area contributed by atoms with E-state index >= 15 is 0 Å². The molecule has 1 N–H and O–H groups in total. The number of rotatable bonds is 9. The number of fused-ring (bicyclic) bond motifs is 1. The fraction of sp³-hybridized carbons (Fsp3) is 0.429. The largest absolute Gasteiger partial charge is 0.492 e. The van der Waals surface area contributed by atoms with Crippen LogP contribution in [0, 0.1) is 12.8 Å². The zero-order chi connectivity index (χ0) is 23.0. The SMILES string of the molecule is CCCNC(=O)c1cccc(CC2CCN(CCOc3cccc4nc(C)ccc34)CC2)c1. The van der Waals surface area contributed by atoms with E-state index in [-0.39, 0.29) is 5.91 Å². The molecule has 0 bridgehead atoms. The monoisotopic (exact) mass is 445 g/mol. The molecule has 1 fully saturated rings. The molecule has 0 saturated carbocycles. The Kier molecular flexibility index (Phi) is 7.95. The van der Waals surface area contributed by atoms with Crippen LogP contribution in [0.4, 0.5) is 0 Å². The Morgan fingerprint density at radius 3 is 2.76 bits per heavy atom. The maximum absolute atomic E-state index is 12.2. The summed E-state index contributed by atoms with van der Waals surface area (Å²) in [5.74, 6) is 1.62. The molecule has 1 aliphatic rings. The van der Waals surface area contributed by atoms with E-state index in [4.69, 9.17) is 4.74 Å². The highest BCUT2D eigenvalue weighted by molar-refractivity contribution is 5.94. The highest BCUT2D eigenvalue weighted by Crippen LogP contribution is 2.25. The molecule has 4 rings (SSSR count). The summed E-state index contributed by atoms with van der Waals surface area (Å²) in [6.45, 7) is 8.63. The number of hydrogen-bond acceptors (Lipinski definition) is 4. The number of aryl methyl sites for hydroxylation is 1. The van der Waals surface area contributed by atoms with Gasteiger partial charge >= 0.3 is 0 Å². The lowest BCUT2D eigenvalue weighted by Gasteiger charge is -2.32. The van der Waals surface area contributed by atoms with E-state index in [1.165, 1.54) is 18.4 Å². The average molecular weight is 446 g/mol. The van der Waals surface area contributed by atoms with Crippen molar-refractivity contribution in [3.05, 3.63) is 71.4 Å². The maximum atomic E-state index is 12.2. The van der Waals surface area contributed by atoms with E-state index in [0.29, 0.717) is 12.5 Å². The van der Waals surface area contributed by atoms with Crippen LogP contribution in [-0.2, 0) is 6.42 Å². The van der Waals surface area contributed by atoms with Gasteiger partial charge in [0.15, 0.2) is 0 Å². The topological polar surface area (TPSA) is 54.5 Å². The van der Waals surface area contributed by atoms with Crippen LogP contribution in [0.1, 0.15) is 47.8 Å². The molecule has 0 radical (unpaired) electrons. The Bertz CT molecular complexity index is 1070. The van der Waals surface area contributed by atoms with Crippen molar-refractivity contribution in [2.45, 2.75) is 39.5 Å². The van der Waals surface area contributed by atoms with Gasteiger partial charge in [-0.25, -0.2) is 0 Å². The van der Waals surface area contributed by atoms with Crippen LogP contribution in [-0.4, -0.2) is 48.6 Å². The highest BCUT2D eigenvalue weighted by Gasteiger charge is 2.20. The van der Waals surface area contributed by atoms with Crippen LogP contribution in [0.5, 0.6) is 5.75 Å². The third kappa shape index (κ3) is 6.32. The smallest absolute Gasteiger partial charge is 0.251 e. The van der Waals surface area contributed by atoms with Crippen LogP contribution in [0.2, 0.25) is 0 Å². The molecule has 1 aliphatic heterocycles. The van der Waals surface area contributed by atoms with Crippen molar-refractivity contribution >= 4 is 16.8 Å². The summed E-state index contributed by atoms with van der Waals surface area (Å²) >= 11 is 0. The lowest BCUT2D eigenvalue weighted by Crippen LogP contribution is -2.37. The molecule has 5 heteroatoms. The Morgan fingerprint density at radius 1 is 1.12 bits per heavy atom. The van der Waals surface area contributed by atoms with E-state index < -0.39 is 0 Å². The first-order chi connectivity index (χ1) is 16.1. The van der Waals surface area contributed by atoms with Gasteiger partial charge in [-0.05, 0) is 93.6 Å². The Balaban J connectivity index is 1.23. The van der Waals surface area contributed by atoms with Crippen LogP contribution in [0.15, 0.2) is 54.6 Å². The minimum absolute atomic E-state index is 0.0330. The predicted octanol–water partition coefficient (Wildman–Crippen LogP) is 5.02. The predicted molar refractivity (Wildman–Crippen MR) is 134 cm³/mol. The first-order valence-corrected chi connectivity index (χ1v) is 12.2. The molecule has 1 amide bonds. The van der Waals surface area contributed by atoms with Crippen molar-refractivity contribution in [2.75, 3.05) is 32.8 Å². The minimum Gasteiger partial charge on any atom is -0.492 e. The zero-order valence-corrected chi connectivity index (χ0v) is 19.8. The summed E-state index contributed by atoms with van der Waals surface area (Å²) in [6, 6.07) is 18.3. The van der Waals surface area contributed by atoms with Gasteiger partial charge in [-0.2, -0.15) is 0 Å². The van der Waals surface area contributed by atoms with Crippen LogP contribution in [0.3, 0.4) is 0 Å². The van der Waals surface area contributed by atoms with E-state index in [1.807, 2.05) is 43.3 Å². The lowest BCUT2D eigenvalue weighted by molar-refractivity contribution is 0.0953. The van der Waals surface area contributed by atoms with E-state index in [0.717, 1.165) is 66.9 Å². The summed E-state index contributed by atoms with van der Waals surface area (Å²) in [7, 11) is 0. The van der Waals surface area contributed by atoms with Crippen molar-refractivity contribution in [3.63, 3.8) is 0 Å². The number of nitrogens with zero attached hydrogens (tertiary/aromatic N) is 2. The number of hydrogen-bond donors (Lipinski definition) is 1. The molecule has 0 spiro atoms. The molecule has 1 saturated heterocycles. The molecule has 5 nitrogen and oxygen atoms in total. The first-order valence-electron chi connectivity index (χ1n) is 12.2. The number of carbonyl (C=O) groups is 1. The van der Waals surface area contributed by atoms with Gasteiger partial charge < -0.3 is 10.1 Å².